The third kappa shape index (κ3) is 1.91. The molecule has 0 N–H and O–H groups in total. The van der Waals surface area contributed by atoms with E-state index in [2.05, 4.69) is 5.10 Å². The lowest BCUT2D eigenvalue weighted by molar-refractivity contribution is -0.137. The molecule has 0 aliphatic heterocycles. The molecule has 0 bridgehead atoms. The van der Waals surface area contributed by atoms with Crippen molar-refractivity contribution in [3.05, 3.63) is 48.0 Å². The first-order valence-electron chi connectivity index (χ1n) is 4.35. The van der Waals surface area contributed by atoms with Crippen LogP contribution in [-0.4, -0.2) is 9.78 Å². The molecule has 2 aromatic rings. The van der Waals surface area contributed by atoms with Crippen molar-refractivity contribution in [2.45, 2.75) is 6.18 Å². The minimum absolute atomic E-state index is 0.322. The summed E-state index contributed by atoms with van der Waals surface area (Å²) in [4.78, 5) is 0. The lowest BCUT2D eigenvalue weighted by Crippen LogP contribution is -2.11. The third-order valence-corrected chi connectivity index (χ3v) is 2.02. The van der Waals surface area contributed by atoms with Gasteiger partial charge in [-0.05, 0) is 18.2 Å². The van der Waals surface area contributed by atoms with E-state index in [4.69, 9.17) is 0 Å². The van der Waals surface area contributed by atoms with Crippen molar-refractivity contribution in [3.63, 3.8) is 0 Å². The Morgan fingerprint density at radius 1 is 1.19 bits per heavy atom. The number of nitrogens with zero attached hydrogens (tertiary/aromatic N) is 2. The van der Waals surface area contributed by atoms with Gasteiger partial charge in [0.2, 0.25) is 0 Å². The number of hydrogen-bond acceptors (Lipinski definition) is 1. The summed E-state index contributed by atoms with van der Waals surface area (Å²) in [6.45, 7) is 0. The Morgan fingerprint density at radius 2 is 1.94 bits per heavy atom. The molecule has 84 valence electrons. The van der Waals surface area contributed by atoms with E-state index in [1.807, 2.05) is 0 Å². The molecule has 2 rings (SSSR count). The third-order valence-electron chi connectivity index (χ3n) is 2.02. The van der Waals surface area contributed by atoms with Gasteiger partial charge < -0.3 is 0 Å². The van der Waals surface area contributed by atoms with Crippen molar-refractivity contribution in [1.29, 1.82) is 0 Å². The molecule has 0 saturated heterocycles. The second kappa shape index (κ2) is 3.62. The Morgan fingerprint density at radius 3 is 2.50 bits per heavy atom. The molecule has 2 nitrogen and oxygen atoms in total. The monoisotopic (exact) mass is 230 g/mol. The predicted molar refractivity (Wildman–Crippen MR) is 48.5 cm³/mol. The van der Waals surface area contributed by atoms with E-state index in [-0.39, 0.29) is 5.69 Å². The lowest BCUT2D eigenvalue weighted by Gasteiger charge is -2.12. The molecule has 16 heavy (non-hydrogen) atoms. The van der Waals surface area contributed by atoms with Crippen LogP contribution in [0, 0.1) is 5.82 Å². The van der Waals surface area contributed by atoms with Crippen LogP contribution in [0.4, 0.5) is 17.6 Å². The second-order valence-corrected chi connectivity index (χ2v) is 3.11. The Labute approximate surface area is 88.1 Å². The Bertz CT molecular complexity index is 488. The Balaban J connectivity index is 2.63. The van der Waals surface area contributed by atoms with E-state index >= 15 is 0 Å². The second-order valence-electron chi connectivity index (χ2n) is 3.11. The molecule has 0 fully saturated rings. The molecular weight excluding hydrogens is 224 g/mol. The molecule has 0 unspecified atom stereocenters. The summed E-state index contributed by atoms with van der Waals surface area (Å²) in [5.41, 5.74) is -1.24. The number of benzene rings is 1. The van der Waals surface area contributed by atoms with E-state index in [1.165, 1.54) is 18.5 Å². The van der Waals surface area contributed by atoms with Gasteiger partial charge in [0.1, 0.15) is 5.82 Å². The maximum absolute atomic E-state index is 12.9. The van der Waals surface area contributed by atoms with Gasteiger partial charge in [-0.3, -0.25) is 0 Å². The first kappa shape index (κ1) is 10.7. The van der Waals surface area contributed by atoms with Crippen LogP contribution in [-0.2, 0) is 6.18 Å². The fourth-order valence-corrected chi connectivity index (χ4v) is 1.35. The normalized spacial score (nSPS) is 11.8. The molecule has 0 spiro atoms. The van der Waals surface area contributed by atoms with Crippen LogP contribution in [0.1, 0.15) is 5.56 Å². The van der Waals surface area contributed by atoms with E-state index in [0.29, 0.717) is 6.07 Å². The van der Waals surface area contributed by atoms with Crippen LogP contribution >= 0.6 is 0 Å². The Hall–Kier alpha value is -1.85. The zero-order valence-electron chi connectivity index (χ0n) is 7.87. The van der Waals surface area contributed by atoms with Gasteiger partial charge in [-0.25, -0.2) is 9.07 Å². The standard InChI is InChI=1S/C10H6F4N2/c11-7-2-3-8(10(12,13)14)9(6-7)16-5-1-4-15-16/h1-6H. The van der Waals surface area contributed by atoms with Gasteiger partial charge in [0.25, 0.3) is 0 Å². The summed E-state index contributed by atoms with van der Waals surface area (Å²) in [6, 6.07) is 3.74. The molecule has 0 amide bonds. The van der Waals surface area contributed by atoms with E-state index in [0.717, 1.165) is 16.8 Å². The van der Waals surface area contributed by atoms with Crippen molar-refractivity contribution in [3.8, 4) is 5.69 Å². The summed E-state index contributed by atoms with van der Waals surface area (Å²) < 4.78 is 51.7. The van der Waals surface area contributed by atoms with Crippen LogP contribution in [0.3, 0.4) is 0 Å². The number of halogens is 4. The summed E-state index contributed by atoms with van der Waals surface area (Å²) in [7, 11) is 0. The van der Waals surface area contributed by atoms with Crippen molar-refractivity contribution in [2.24, 2.45) is 0 Å². The smallest absolute Gasteiger partial charge is 0.240 e. The molecule has 0 aliphatic rings. The topological polar surface area (TPSA) is 17.8 Å². The molecule has 1 aromatic carbocycles. The lowest BCUT2D eigenvalue weighted by atomic mass is 10.1. The number of hydrogen-bond donors (Lipinski definition) is 0. The van der Waals surface area contributed by atoms with Gasteiger partial charge in [-0.15, -0.1) is 0 Å². The van der Waals surface area contributed by atoms with Gasteiger partial charge in [0.05, 0.1) is 11.3 Å². The molecule has 0 aliphatic carbocycles. The average molecular weight is 230 g/mol. The summed E-state index contributed by atoms with van der Waals surface area (Å²) in [6.07, 6.45) is -1.88. The van der Waals surface area contributed by atoms with Gasteiger partial charge in [-0.2, -0.15) is 18.3 Å². The van der Waals surface area contributed by atoms with Crippen LogP contribution in [0.25, 0.3) is 5.69 Å². The predicted octanol–water partition coefficient (Wildman–Crippen LogP) is 3.03. The first-order chi connectivity index (χ1) is 7.48. The number of alkyl halides is 3. The molecule has 0 radical (unpaired) electrons. The molecule has 6 heteroatoms. The zero-order chi connectivity index (χ0) is 11.8. The maximum Gasteiger partial charge on any atom is 0.418 e. The highest BCUT2D eigenvalue weighted by atomic mass is 19.4. The van der Waals surface area contributed by atoms with Gasteiger partial charge in [0.15, 0.2) is 0 Å². The minimum atomic E-state index is -4.53. The van der Waals surface area contributed by atoms with E-state index in [1.54, 1.807) is 0 Å². The van der Waals surface area contributed by atoms with E-state index in [9.17, 15) is 17.6 Å². The van der Waals surface area contributed by atoms with Gasteiger partial charge >= 0.3 is 6.18 Å². The molecule has 1 heterocycles. The van der Waals surface area contributed by atoms with Crippen molar-refractivity contribution in [2.75, 3.05) is 0 Å². The molecular formula is C10H6F4N2. The molecule has 0 saturated carbocycles. The molecule has 1 aromatic heterocycles. The van der Waals surface area contributed by atoms with E-state index < -0.39 is 17.6 Å². The largest absolute Gasteiger partial charge is 0.418 e. The maximum atomic E-state index is 12.9. The van der Waals surface area contributed by atoms with Crippen LogP contribution in [0.2, 0.25) is 0 Å². The van der Waals surface area contributed by atoms with Gasteiger partial charge in [-0.1, -0.05) is 0 Å². The van der Waals surface area contributed by atoms with Crippen LogP contribution in [0.15, 0.2) is 36.7 Å². The van der Waals surface area contributed by atoms with Crippen molar-refractivity contribution < 1.29 is 17.6 Å². The first-order valence-corrected chi connectivity index (χ1v) is 4.35. The average Bonchev–Trinajstić information content (AvgIpc) is 2.68. The van der Waals surface area contributed by atoms with Crippen LogP contribution in [0.5, 0.6) is 0 Å². The highest BCUT2D eigenvalue weighted by Crippen LogP contribution is 2.33. The van der Waals surface area contributed by atoms with Crippen molar-refractivity contribution in [1.82, 2.24) is 9.78 Å². The van der Waals surface area contributed by atoms with Gasteiger partial charge in [0, 0.05) is 18.5 Å². The zero-order valence-corrected chi connectivity index (χ0v) is 7.87. The number of rotatable bonds is 1. The SMILES string of the molecule is Fc1ccc(C(F)(F)F)c(-n2cccn2)c1. The van der Waals surface area contributed by atoms with Crippen molar-refractivity contribution >= 4 is 0 Å². The van der Waals surface area contributed by atoms with Crippen LogP contribution < -0.4 is 0 Å². The molecule has 0 atom stereocenters. The minimum Gasteiger partial charge on any atom is -0.240 e. The quantitative estimate of drug-likeness (QED) is 0.688. The highest BCUT2D eigenvalue weighted by molar-refractivity contribution is 5.42. The summed E-state index contributed by atoms with van der Waals surface area (Å²) in [5, 5.41) is 3.65. The summed E-state index contributed by atoms with van der Waals surface area (Å²) >= 11 is 0. The number of aromatic nitrogens is 2. The fourth-order valence-electron chi connectivity index (χ4n) is 1.35. The fraction of sp³-hybridized carbons (Fsp3) is 0.100. The highest BCUT2D eigenvalue weighted by Gasteiger charge is 2.34. The Kier molecular flexibility index (Phi) is 2.41. The summed E-state index contributed by atoms with van der Waals surface area (Å²) in [5.74, 6) is -0.737.